The van der Waals surface area contributed by atoms with Crippen LogP contribution in [0.2, 0.25) is 0 Å². The van der Waals surface area contributed by atoms with E-state index in [1.165, 1.54) is 0 Å². The first-order valence-electron chi connectivity index (χ1n) is 13.0. The van der Waals surface area contributed by atoms with Crippen molar-refractivity contribution in [2.24, 2.45) is 5.92 Å². The fourth-order valence-electron chi connectivity index (χ4n) is 4.99. The molecule has 0 radical (unpaired) electrons. The van der Waals surface area contributed by atoms with E-state index in [4.69, 9.17) is 9.84 Å². The second-order valence-corrected chi connectivity index (χ2v) is 10.2. The Labute approximate surface area is 224 Å². The molecule has 0 aliphatic carbocycles. The van der Waals surface area contributed by atoms with Gasteiger partial charge in [-0.2, -0.15) is 0 Å². The quantitative estimate of drug-likeness (QED) is 0.479. The van der Waals surface area contributed by atoms with Crippen LogP contribution in [0, 0.1) is 5.92 Å². The Bertz CT molecular complexity index is 1260. The van der Waals surface area contributed by atoms with Gasteiger partial charge in [-0.1, -0.05) is 61.5 Å². The van der Waals surface area contributed by atoms with Crippen LogP contribution in [0.1, 0.15) is 45.7 Å². The summed E-state index contributed by atoms with van der Waals surface area (Å²) in [7, 11) is 2.01. The predicted octanol–water partition coefficient (Wildman–Crippen LogP) is 4.54. The maximum Gasteiger partial charge on any atom is 0.335 e. The van der Waals surface area contributed by atoms with Crippen LogP contribution in [-0.4, -0.2) is 70.8 Å². The molecule has 0 bridgehead atoms. The van der Waals surface area contributed by atoms with Gasteiger partial charge in [-0.15, -0.1) is 0 Å². The molecule has 7 nitrogen and oxygen atoms in total. The van der Waals surface area contributed by atoms with Crippen LogP contribution in [-0.2, 0) is 17.9 Å². The number of rotatable bonds is 7. The molecule has 0 saturated heterocycles. The molecular formula is C31H36N2O5. The van der Waals surface area contributed by atoms with E-state index in [2.05, 4.69) is 11.8 Å². The molecule has 0 spiro atoms. The van der Waals surface area contributed by atoms with Gasteiger partial charge in [-0.25, -0.2) is 4.79 Å². The molecule has 3 aromatic carbocycles. The highest BCUT2D eigenvalue weighted by Gasteiger charge is 2.30. The van der Waals surface area contributed by atoms with Gasteiger partial charge in [-0.3, -0.25) is 9.69 Å². The molecule has 3 aromatic rings. The van der Waals surface area contributed by atoms with Gasteiger partial charge in [0.25, 0.3) is 5.91 Å². The Kier molecular flexibility index (Phi) is 8.94. The summed E-state index contributed by atoms with van der Waals surface area (Å²) in [5.74, 6) is -1.05. The number of aromatic carboxylic acids is 1. The van der Waals surface area contributed by atoms with E-state index in [1.807, 2.05) is 74.6 Å². The van der Waals surface area contributed by atoms with E-state index in [-0.39, 0.29) is 36.1 Å². The van der Waals surface area contributed by atoms with Gasteiger partial charge in [-0.05, 0) is 54.4 Å². The summed E-state index contributed by atoms with van der Waals surface area (Å²) in [6, 6.07) is 22.2. The number of amides is 1. The number of hydrogen-bond acceptors (Lipinski definition) is 5. The van der Waals surface area contributed by atoms with E-state index < -0.39 is 5.97 Å². The Morgan fingerprint density at radius 3 is 2.32 bits per heavy atom. The summed E-state index contributed by atoms with van der Waals surface area (Å²) < 4.78 is 6.56. The summed E-state index contributed by atoms with van der Waals surface area (Å²) in [6.07, 6.45) is -0.186. The van der Waals surface area contributed by atoms with Crippen molar-refractivity contribution >= 4 is 11.9 Å². The van der Waals surface area contributed by atoms with Crippen LogP contribution in [0.15, 0.2) is 72.8 Å². The second kappa shape index (κ2) is 12.3. The number of nitrogens with zero attached hydrogens (tertiary/aromatic N) is 2. The van der Waals surface area contributed by atoms with Crippen molar-refractivity contribution < 1.29 is 24.5 Å². The third-order valence-corrected chi connectivity index (χ3v) is 7.24. The van der Waals surface area contributed by atoms with Gasteiger partial charge in [0.05, 0.1) is 30.9 Å². The lowest BCUT2D eigenvalue weighted by molar-refractivity contribution is -0.0241. The first-order valence-corrected chi connectivity index (χ1v) is 13.0. The zero-order chi connectivity index (χ0) is 27.2. The molecule has 0 aromatic heterocycles. The van der Waals surface area contributed by atoms with Crippen molar-refractivity contribution in [2.75, 3.05) is 26.7 Å². The molecule has 0 fully saturated rings. The summed E-state index contributed by atoms with van der Waals surface area (Å²) in [5, 5.41) is 19.2. The minimum Gasteiger partial charge on any atom is -0.478 e. The van der Waals surface area contributed by atoms with Gasteiger partial charge >= 0.3 is 5.97 Å². The molecule has 1 aliphatic heterocycles. The number of ether oxygens (including phenoxy) is 1. The molecule has 200 valence electrons. The van der Waals surface area contributed by atoms with Gasteiger partial charge < -0.3 is 19.8 Å². The molecule has 0 unspecified atom stereocenters. The van der Waals surface area contributed by atoms with Crippen molar-refractivity contribution in [1.82, 2.24) is 9.80 Å². The maximum atomic E-state index is 13.9. The van der Waals surface area contributed by atoms with Crippen molar-refractivity contribution in [1.29, 1.82) is 0 Å². The number of benzene rings is 3. The van der Waals surface area contributed by atoms with Gasteiger partial charge in [0.2, 0.25) is 0 Å². The molecule has 0 saturated carbocycles. The fraction of sp³-hybridized carbons (Fsp3) is 0.355. The number of aliphatic hydroxyl groups is 1. The molecule has 7 heteroatoms. The van der Waals surface area contributed by atoms with Gasteiger partial charge in [0, 0.05) is 31.1 Å². The van der Waals surface area contributed by atoms with Crippen LogP contribution in [0.4, 0.5) is 0 Å². The van der Waals surface area contributed by atoms with E-state index in [1.54, 1.807) is 17.0 Å². The van der Waals surface area contributed by atoms with Crippen molar-refractivity contribution in [3.05, 3.63) is 95.1 Å². The number of carbonyl (C=O) groups is 2. The monoisotopic (exact) mass is 516 g/mol. The Hall–Kier alpha value is -3.52. The number of carboxylic acid groups (broad SMARTS) is 1. The standard InChI is InChI=1S/C31H36N2O5/c1-21-16-33(22(2)19-34)30(35)28-11-7-6-10-27(28)26-9-5-4-8-25(26)20-38-29(21)18-32(3)17-23-12-14-24(15-13-23)31(36)37/h4-15,21-22,29,34H,16-20H2,1-3H3,(H,36,37)/t21-,22-,29+/m0/s1. The third-order valence-electron chi connectivity index (χ3n) is 7.24. The lowest BCUT2D eigenvalue weighted by Gasteiger charge is -2.35. The fourth-order valence-corrected chi connectivity index (χ4v) is 4.99. The van der Waals surface area contributed by atoms with Crippen LogP contribution in [0.25, 0.3) is 11.1 Å². The zero-order valence-corrected chi connectivity index (χ0v) is 22.2. The number of hydrogen-bond donors (Lipinski definition) is 2. The van der Waals surface area contributed by atoms with E-state index >= 15 is 0 Å². The van der Waals surface area contributed by atoms with E-state index in [0.717, 1.165) is 22.3 Å². The average Bonchev–Trinajstić information content (AvgIpc) is 2.94. The number of carboxylic acids is 1. The normalized spacial score (nSPS) is 18.9. The van der Waals surface area contributed by atoms with Gasteiger partial charge in [0.15, 0.2) is 0 Å². The number of aliphatic hydroxyl groups excluding tert-OH is 1. The van der Waals surface area contributed by atoms with Crippen LogP contribution in [0.3, 0.4) is 0 Å². The number of carbonyl (C=O) groups excluding carboxylic acids is 1. The highest BCUT2D eigenvalue weighted by atomic mass is 16.5. The zero-order valence-electron chi connectivity index (χ0n) is 22.2. The van der Waals surface area contributed by atoms with Crippen LogP contribution < -0.4 is 0 Å². The van der Waals surface area contributed by atoms with E-state index in [9.17, 15) is 14.7 Å². The molecule has 1 heterocycles. The first-order chi connectivity index (χ1) is 18.3. The molecule has 3 atom stereocenters. The predicted molar refractivity (Wildman–Crippen MR) is 147 cm³/mol. The third kappa shape index (κ3) is 6.30. The average molecular weight is 517 g/mol. The molecule has 38 heavy (non-hydrogen) atoms. The van der Waals surface area contributed by atoms with Gasteiger partial charge in [0.1, 0.15) is 0 Å². The molecule has 1 amide bonds. The topological polar surface area (TPSA) is 90.3 Å². The van der Waals surface area contributed by atoms with Crippen LogP contribution in [0.5, 0.6) is 0 Å². The lowest BCUT2D eigenvalue weighted by Crippen LogP contribution is -2.47. The van der Waals surface area contributed by atoms with Crippen molar-refractivity contribution in [3.8, 4) is 11.1 Å². The largest absolute Gasteiger partial charge is 0.478 e. The molecular weight excluding hydrogens is 480 g/mol. The second-order valence-electron chi connectivity index (χ2n) is 10.2. The number of fused-ring (bicyclic) bond motifs is 3. The molecule has 2 N–H and O–H groups in total. The maximum absolute atomic E-state index is 13.9. The van der Waals surface area contributed by atoms with E-state index in [0.29, 0.717) is 31.8 Å². The minimum absolute atomic E-state index is 0.0118. The highest BCUT2D eigenvalue weighted by molar-refractivity contribution is 6.01. The summed E-state index contributed by atoms with van der Waals surface area (Å²) >= 11 is 0. The van der Waals surface area contributed by atoms with Crippen molar-refractivity contribution in [2.45, 2.75) is 39.1 Å². The Morgan fingerprint density at radius 1 is 1.03 bits per heavy atom. The highest BCUT2D eigenvalue weighted by Crippen LogP contribution is 2.31. The summed E-state index contributed by atoms with van der Waals surface area (Å²) in [6.45, 7) is 5.91. The van der Waals surface area contributed by atoms with Crippen LogP contribution >= 0.6 is 0 Å². The SMILES string of the molecule is C[C@H]1CN([C@@H](C)CO)C(=O)c2ccccc2-c2ccccc2CO[C@@H]1CN(C)Cc1ccc(C(=O)O)cc1. The lowest BCUT2D eigenvalue weighted by atomic mass is 9.94. The smallest absolute Gasteiger partial charge is 0.335 e. The molecule has 1 aliphatic rings. The number of likely N-dealkylation sites (N-methyl/N-ethyl adjacent to an activating group) is 1. The minimum atomic E-state index is -0.941. The Morgan fingerprint density at radius 2 is 1.66 bits per heavy atom. The Balaban J connectivity index is 1.63. The first kappa shape index (κ1) is 27.5. The summed E-state index contributed by atoms with van der Waals surface area (Å²) in [4.78, 5) is 29.0. The summed E-state index contributed by atoms with van der Waals surface area (Å²) in [5.41, 5.74) is 4.73. The molecule has 4 rings (SSSR count). The van der Waals surface area contributed by atoms with Crippen molar-refractivity contribution in [3.63, 3.8) is 0 Å².